The van der Waals surface area contributed by atoms with E-state index in [2.05, 4.69) is 24.0 Å². The summed E-state index contributed by atoms with van der Waals surface area (Å²) in [6.07, 6.45) is 5.30. The van der Waals surface area contributed by atoms with Crippen LogP contribution in [0, 0.1) is 6.92 Å². The van der Waals surface area contributed by atoms with Crippen molar-refractivity contribution in [1.82, 2.24) is 4.98 Å². The molecule has 2 heteroatoms. The van der Waals surface area contributed by atoms with E-state index in [1.165, 1.54) is 19.3 Å². The number of hydrogen-bond donors (Lipinski definition) is 1. The van der Waals surface area contributed by atoms with Gasteiger partial charge in [-0.2, -0.15) is 0 Å². The third-order valence-electron chi connectivity index (χ3n) is 3.57. The summed E-state index contributed by atoms with van der Waals surface area (Å²) in [4.78, 5) is 4.48. The molecule has 102 valence electrons. The van der Waals surface area contributed by atoms with E-state index in [0.29, 0.717) is 0 Å². The number of unbranched alkanes of at least 4 members (excludes halogenated alkanes) is 3. The lowest BCUT2D eigenvalue weighted by Crippen LogP contribution is -1.97. The molecule has 19 heavy (non-hydrogen) atoms. The molecule has 0 amide bonds. The van der Waals surface area contributed by atoms with Gasteiger partial charge >= 0.3 is 0 Å². The first-order valence-electron chi connectivity index (χ1n) is 7.26. The lowest BCUT2D eigenvalue weighted by molar-refractivity contribution is 0.163. The van der Waals surface area contributed by atoms with Crippen molar-refractivity contribution in [2.24, 2.45) is 0 Å². The van der Waals surface area contributed by atoms with E-state index in [-0.39, 0.29) is 6.10 Å². The highest BCUT2D eigenvalue weighted by Crippen LogP contribution is 2.23. The fourth-order valence-corrected chi connectivity index (χ4v) is 2.38. The monoisotopic (exact) mass is 257 g/mol. The largest absolute Gasteiger partial charge is 0.388 e. The zero-order valence-electron chi connectivity index (χ0n) is 11.9. The second kappa shape index (κ2) is 6.67. The van der Waals surface area contributed by atoms with E-state index in [1.807, 2.05) is 25.1 Å². The van der Waals surface area contributed by atoms with Gasteiger partial charge in [-0.3, -0.25) is 4.98 Å². The van der Waals surface area contributed by atoms with Gasteiger partial charge in [-0.15, -0.1) is 0 Å². The first-order chi connectivity index (χ1) is 9.20. The van der Waals surface area contributed by atoms with Crippen LogP contribution in [0.15, 0.2) is 30.3 Å². The average Bonchev–Trinajstić information content (AvgIpc) is 2.42. The van der Waals surface area contributed by atoms with Gasteiger partial charge in [0.1, 0.15) is 0 Å². The number of aliphatic hydroxyl groups is 1. The van der Waals surface area contributed by atoms with Gasteiger partial charge < -0.3 is 5.11 Å². The Morgan fingerprint density at radius 1 is 1.11 bits per heavy atom. The maximum Gasteiger partial charge on any atom is 0.0790 e. The number of pyridine rings is 1. The van der Waals surface area contributed by atoms with Crippen molar-refractivity contribution in [2.45, 2.75) is 52.1 Å². The highest BCUT2D eigenvalue weighted by molar-refractivity contribution is 5.79. The smallest absolute Gasteiger partial charge is 0.0790 e. The maximum absolute atomic E-state index is 10.2. The fraction of sp³-hybridized carbons (Fsp3) is 0.471. The van der Waals surface area contributed by atoms with Crippen LogP contribution in [0.3, 0.4) is 0 Å². The molecule has 0 spiro atoms. The molecule has 1 atom stereocenters. The highest BCUT2D eigenvalue weighted by atomic mass is 16.3. The fourth-order valence-electron chi connectivity index (χ4n) is 2.38. The summed E-state index contributed by atoms with van der Waals surface area (Å²) in [5, 5.41) is 11.3. The number of benzene rings is 1. The van der Waals surface area contributed by atoms with E-state index >= 15 is 0 Å². The van der Waals surface area contributed by atoms with Gasteiger partial charge in [-0.05, 0) is 37.1 Å². The molecule has 2 nitrogen and oxygen atoms in total. The summed E-state index contributed by atoms with van der Waals surface area (Å²) in [7, 11) is 0. The third-order valence-corrected chi connectivity index (χ3v) is 3.57. The van der Waals surface area contributed by atoms with Crippen LogP contribution in [0.5, 0.6) is 0 Å². The minimum Gasteiger partial charge on any atom is -0.388 e. The molecule has 2 rings (SSSR count). The van der Waals surface area contributed by atoms with E-state index < -0.39 is 0 Å². The van der Waals surface area contributed by atoms with Crippen LogP contribution in [-0.2, 0) is 0 Å². The summed E-state index contributed by atoms with van der Waals surface area (Å²) in [5.74, 6) is 0. The zero-order chi connectivity index (χ0) is 13.7. The molecule has 0 bridgehead atoms. The molecule has 0 saturated heterocycles. The van der Waals surface area contributed by atoms with Crippen LogP contribution >= 0.6 is 0 Å². The van der Waals surface area contributed by atoms with Gasteiger partial charge in [-0.1, -0.05) is 44.7 Å². The van der Waals surface area contributed by atoms with Crippen molar-refractivity contribution >= 4 is 10.9 Å². The number of aryl methyl sites for hydroxylation is 1. The SMILES string of the molecule is CCCCCCC(O)c1ccc2nc(C)ccc2c1. The Kier molecular flexibility index (Phi) is 4.92. The Labute approximate surface area is 115 Å². The standard InChI is InChI=1S/C17H23NO/c1-3-4-5-6-7-17(19)15-10-11-16-14(12-15)9-8-13(2)18-16/h8-12,17,19H,3-7H2,1-2H3. The van der Waals surface area contributed by atoms with Gasteiger partial charge in [0.25, 0.3) is 0 Å². The second-order valence-corrected chi connectivity index (χ2v) is 5.27. The predicted octanol–water partition coefficient (Wildman–Crippen LogP) is 4.55. The number of nitrogens with zero attached hydrogens (tertiary/aromatic N) is 1. The molecule has 0 radical (unpaired) electrons. The molecule has 0 saturated carbocycles. The van der Waals surface area contributed by atoms with Crippen molar-refractivity contribution < 1.29 is 5.11 Å². The number of rotatable bonds is 6. The van der Waals surface area contributed by atoms with Crippen molar-refractivity contribution in [1.29, 1.82) is 0 Å². The van der Waals surface area contributed by atoms with E-state index in [0.717, 1.165) is 35.0 Å². The summed E-state index contributed by atoms with van der Waals surface area (Å²) >= 11 is 0. The minimum absolute atomic E-state index is 0.345. The van der Waals surface area contributed by atoms with Crippen LogP contribution < -0.4 is 0 Å². The normalized spacial score (nSPS) is 12.8. The van der Waals surface area contributed by atoms with Crippen LogP contribution in [0.4, 0.5) is 0 Å². The lowest BCUT2D eigenvalue weighted by atomic mass is 10.0. The molecule has 0 aliphatic rings. The van der Waals surface area contributed by atoms with Gasteiger partial charge in [-0.25, -0.2) is 0 Å². The summed E-state index contributed by atoms with van der Waals surface area (Å²) in [6.45, 7) is 4.20. The average molecular weight is 257 g/mol. The van der Waals surface area contributed by atoms with Gasteiger partial charge in [0.2, 0.25) is 0 Å². The number of aromatic nitrogens is 1. The first kappa shape index (κ1) is 14.0. The minimum atomic E-state index is -0.345. The van der Waals surface area contributed by atoms with Crippen LogP contribution in [0.2, 0.25) is 0 Å². The van der Waals surface area contributed by atoms with E-state index in [1.54, 1.807) is 0 Å². The first-order valence-corrected chi connectivity index (χ1v) is 7.26. The molecule has 0 aliphatic heterocycles. The van der Waals surface area contributed by atoms with Crippen LogP contribution in [0.25, 0.3) is 10.9 Å². The summed E-state index contributed by atoms with van der Waals surface area (Å²) < 4.78 is 0. The van der Waals surface area contributed by atoms with Crippen molar-refractivity contribution in [3.8, 4) is 0 Å². The lowest BCUT2D eigenvalue weighted by Gasteiger charge is -2.11. The topological polar surface area (TPSA) is 33.1 Å². The van der Waals surface area contributed by atoms with Crippen LogP contribution in [-0.4, -0.2) is 10.1 Å². The molecule has 0 aliphatic carbocycles. The Balaban J connectivity index is 2.05. The Hall–Kier alpha value is -1.41. The predicted molar refractivity (Wildman–Crippen MR) is 80.2 cm³/mol. The van der Waals surface area contributed by atoms with Gasteiger partial charge in [0.05, 0.1) is 11.6 Å². The Bertz CT molecular complexity index is 536. The van der Waals surface area contributed by atoms with Gasteiger partial charge in [0.15, 0.2) is 0 Å². The molecule has 1 aromatic carbocycles. The highest BCUT2D eigenvalue weighted by Gasteiger charge is 2.08. The van der Waals surface area contributed by atoms with Crippen LogP contribution in [0.1, 0.15) is 56.4 Å². The summed E-state index contributed by atoms with van der Waals surface area (Å²) in [5.41, 5.74) is 3.04. The number of aliphatic hydroxyl groups excluding tert-OH is 1. The third kappa shape index (κ3) is 3.77. The Morgan fingerprint density at radius 3 is 2.74 bits per heavy atom. The van der Waals surface area contributed by atoms with E-state index in [4.69, 9.17) is 0 Å². The molecule has 0 fully saturated rings. The molecule has 1 unspecified atom stereocenters. The van der Waals surface area contributed by atoms with Gasteiger partial charge in [0, 0.05) is 11.1 Å². The maximum atomic E-state index is 10.2. The van der Waals surface area contributed by atoms with Crippen molar-refractivity contribution in [2.75, 3.05) is 0 Å². The second-order valence-electron chi connectivity index (χ2n) is 5.27. The zero-order valence-corrected chi connectivity index (χ0v) is 11.9. The summed E-state index contributed by atoms with van der Waals surface area (Å²) in [6, 6.07) is 10.2. The molecule has 1 heterocycles. The van der Waals surface area contributed by atoms with Crippen molar-refractivity contribution in [3.05, 3.63) is 41.6 Å². The number of hydrogen-bond acceptors (Lipinski definition) is 2. The van der Waals surface area contributed by atoms with E-state index in [9.17, 15) is 5.11 Å². The Morgan fingerprint density at radius 2 is 1.95 bits per heavy atom. The molecular weight excluding hydrogens is 234 g/mol. The number of fused-ring (bicyclic) bond motifs is 1. The molecule has 1 N–H and O–H groups in total. The molecular formula is C17H23NO. The molecule has 2 aromatic rings. The van der Waals surface area contributed by atoms with Crippen molar-refractivity contribution in [3.63, 3.8) is 0 Å². The molecule has 1 aromatic heterocycles. The quantitative estimate of drug-likeness (QED) is 0.770.